The molecule has 0 aliphatic heterocycles. The van der Waals surface area contributed by atoms with Gasteiger partial charge in [0.05, 0.1) is 24.2 Å². The van der Waals surface area contributed by atoms with Gasteiger partial charge in [-0.25, -0.2) is 4.98 Å². The second-order valence-electron chi connectivity index (χ2n) is 9.04. The number of thiazole rings is 1. The molecule has 1 aromatic heterocycles. The molecule has 1 heterocycles. The average Bonchev–Trinajstić information content (AvgIpc) is 3.39. The maximum Gasteiger partial charge on any atom is 0.416 e. The maximum absolute atomic E-state index is 13.0. The monoisotopic (exact) mass is 553 g/mol. The van der Waals surface area contributed by atoms with Crippen molar-refractivity contribution in [1.82, 2.24) is 10.3 Å². The molecular formula is C29H26F3N3O3S. The predicted octanol–water partition coefficient (Wildman–Crippen LogP) is 6.99. The fraction of sp³-hybridized carbons (Fsp3) is 0.207. The number of aromatic nitrogens is 1. The van der Waals surface area contributed by atoms with Gasteiger partial charge in [-0.3, -0.25) is 9.59 Å². The summed E-state index contributed by atoms with van der Waals surface area (Å²) in [6, 6.07) is 18.0. The molecule has 39 heavy (non-hydrogen) atoms. The molecule has 0 spiro atoms. The molecule has 4 aromatic rings. The lowest BCUT2D eigenvalue weighted by atomic mass is 10.1. The molecule has 10 heteroatoms. The maximum atomic E-state index is 13.0. The Labute approximate surface area is 227 Å². The van der Waals surface area contributed by atoms with Gasteiger partial charge < -0.3 is 15.3 Å². The Morgan fingerprint density at radius 1 is 0.974 bits per heavy atom. The van der Waals surface area contributed by atoms with Gasteiger partial charge in [0.2, 0.25) is 0 Å². The second kappa shape index (κ2) is 11.7. The van der Waals surface area contributed by atoms with E-state index >= 15 is 0 Å². The minimum absolute atomic E-state index is 0.0434. The van der Waals surface area contributed by atoms with Crippen LogP contribution in [0.4, 0.5) is 24.0 Å². The van der Waals surface area contributed by atoms with E-state index in [2.05, 4.69) is 11.4 Å². The number of hydrogen-bond acceptors (Lipinski definition) is 5. The predicted molar refractivity (Wildman–Crippen MR) is 145 cm³/mol. The highest BCUT2D eigenvalue weighted by atomic mass is 32.1. The van der Waals surface area contributed by atoms with Crippen LogP contribution in [0.25, 0.3) is 11.3 Å². The third kappa shape index (κ3) is 7.02. The number of halogens is 3. The number of rotatable bonds is 9. The quantitative estimate of drug-likeness (QED) is 0.234. The van der Waals surface area contributed by atoms with Crippen LogP contribution in [0.1, 0.15) is 39.0 Å². The lowest BCUT2D eigenvalue weighted by Gasteiger charge is -2.23. The van der Waals surface area contributed by atoms with Crippen LogP contribution in [0.15, 0.2) is 72.1 Å². The first-order valence-corrected chi connectivity index (χ1v) is 13.0. The van der Waals surface area contributed by atoms with Crippen LogP contribution < -0.4 is 10.2 Å². The van der Waals surface area contributed by atoms with Crippen LogP contribution in [0.2, 0.25) is 0 Å². The fourth-order valence-electron chi connectivity index (χ4n) is 3.84. The first-order valence-electron chi connectivity index (χ1n) is 12.1. The highest BCUT2D eigenvalue weighted by Crippen LogP contribution is 2.36. The van der Waals surface area contributed by atoms with Gasteiger partial charge in [0.25, 0.3) is 5.91 Å². The Hall–Kier alpha value is -4.18. The third-order valence-corrected chi connectivity index (χ3v) is 7.08. The van der Waals surface area contributed by atoms with Crippen molar-refractivity contribution in [1.29, 1.82) is 0 Å². The van der Waals surface area contributed by atoms with E-state index in [1.54, 1.807) is 12.1 Å². The van der Waals surface area contributed by atoms with E-state index in [-0.39, 0.29) is 18.9 Å². The number of aryl methyl sites for hydroxylation is 2. The van der Waals surface area contributed by atoms with Crippen molar-refractivity contribution >= 4 is 34.0 Å². The van der Waals surface area contributed by atoms with E-state index in [0.29, 0.717) is 28.5 Å². The number of nitrogens with zero attached hydrogens (tertiary/aromatic N) is 2. The molecule has 0 atom stereocenters. The van der Waals surface area contributed by atoms with Crippen LogP contribution in [0.5, 0.6) is 0 Å². The normalized spacial score (nSPS) is 11.3. The highest BCUT2D eigenvalue weighted by Gasteiger charge is 2.30. The second-order valence-corrected chi connectivity index (χ2v) is 9.88. The van der Waals surface area contributed by atoms with Gasteiger partial charge in [-0.05, 0) is 66.9 Å². The number of benzene rings is 3. The Bertz CT molecular complexity index is 1470. The van der Waals surface area contributed by atoms with Gasteiger partial charge in [0.15, 0.2) is 5.13 Å². The zero-order valence-corrected chi connectivity index (χ0v) is 22.1. The molecule has 3 aromatic carbocycles. The molecule has 6 nitrogen and oxygen atoms in total. The van der Waals surface area contributed by atoms with Crippen molar-refractivity contribution in [2.75, 3.05) is 11.4 Å². The summed E-state index contributed by atoms with van der Waals surface area (Å²) in [4.78, 5) is 29.7. The van der Waals surface area contributed by atoms with Crippen molar-refractivity contribution in [3.05, 3.63) is 99.9 Å². The van der Waals surface area contributed by atoms with Crippen molar-refractivity contribution < 1.29 is 27.9 Å². The Kier molecular flexibility index (Phi) is 8.35. The molecule has 2 N–H and O–H groups in total. The van der Waals surface area contributed by atoms with E-state index in [9.17, 15) is 22.8 Å². The van der Waals surface area contributed by atoms with Crippen LogP contribution in [0, 0.1) is 13.8 Å². The molecule has 0 fully saturated rings. The van der Waals surface area contributed by atoms with E-state index in [1.165, 1.54) is 23.5 Å². The number of nitrogens with one attached hydrogen (secondary N) is 1. The zero-order valence-electron chi connectivity index (χ0n) is 21.2. The number of anilines is 2. The summed E-state index contributed by atoms with van der Waals surface area (Å²) >= 11 is 1.39. The Morgan fingerprint density at radius 2 is 1.67 bits per heavy atom. The molecule has 0 saturated carbocycles. The number of carboxylic acid groups (broad SMARTS) is 1. The SMILES string of the molecule is Cc1ccc(N(Cc2ccc(C(=O)NCCC(=O)O)cc2)c2nc(-c3ccc(C(F)(F)F)cc3)cs2)cc1C. The summed E-state index contributed by atoms with van der Waals surface area (Å²) < 4.78 is 38.9. The number of alkyl halides is 3. The number of carboxylic acids is 1. The highest BCUT2D eigenvalue weighted by molar-refractivity contribution is 7.14. The van der Waals surface area contributed by atoms with Crippen LogP contribution in [0.3, 0.4) is 0 Å². The van der Waals surface area contributed by atoms with Crippen molar-refractivity contribution in [2.24, 2.45) is 0 Å². The van der Waals surface area contributed by atoms with Gasteiger partial charge in [-0.2, -0.15) is 13.2 Å². The van der Waals surface area contributed by atoms with Gasteiger partial charge >= 0.3 is 12.1 Å². The number of hydrogen-bond donors (Lipinski definition) is 2. The fourth-order valence-corrected chi connectivity index (χ4v) is 4.70. The van der Waals surface area contributed by atoms with E-state index in [1.807, 2.05) is 48.4 Å². The third-order valence-electron chi connectivity index (χ3n) is 6.21. The largest absolute Gasteiger partial charge is 0.481 e. The Morgan fingerprint density at radius 3 is 2.28 bits per heavy atom. The standard InChI is InChI=1S/C29H26F3N3O3S/c1-18-3-12-24(15-19(18)2)35(16-20-4-6-22(7-5-20)27(38)33-14-13-26(36)37)28-34-25(17-39-28)21-8-10-23(11-9-21)29(30,31)32/h3-12,15,17H,13-14,16H2,1-2H3,(H,33,38)(H,36,37). The zero-order chi connectivity index (χ0) is 28.2. The summed E-state index contributed by atoms with van der Waals surface area (Å²) in [5.41, 5.74) is 4.92. The first kappa shape index (κ1) is 27.8. The van der Waals surface area contributed by atoms with Crippen molar-refractivity contribution in [3.8, 4) is 11.3 Å². The molecule has 0 aliphatic carbocycles. The van der Waals surface area contributed by atoms with Gasteiger partial charge in [0.1, 0.15) is 0 Å². The van der Waals surface area contributed by atoms with Crippen LogP contribution >= 0.6 is 11.3 Å². The summed E-state index contributed by atoms with van der Waals surface area (Å²) in [7, 11) is 0. The summed E-state index contributed by atoms with van der Waals surface area (Å²) in [5, 5.41) is 13.8. The average molecular weight is 554 g/mol. The molecule has 0 unspecified atom stereocenters. The summed E-state index contributed by atoms with van der Waals surface area (Å²) in [6.07, 6.45) is -4.56. The minimum Gasteiger partial charge on any atom is -0.481 e. The number of carbonyl (C=O) groups excluding carboxylic acids is 1. The minimum atomic E-state index is -4.40. The summed E-state index contributed by atoms with van der Waals surface area (Å²) in [6.45, 7) is 4.52. The van der Waals surface area contributed by atoms with E-state index in [4.69, 9.17) is 10.1 Å². The molecular weight excluding hydrogens is 527 g/mol. The van der Waals surface area contributed by atoms with Crippen molar-refractivity contribution in [2.45, 2.75) is 33.0 Å². The molecule has 0 radical (unpaired) electrons. The lowest BCUT2D eigenvalue weighted by molar-refractivity contribution is -0.138. The van der Waals surface area contributed by atoms with Gasteiger partial charge in [0, 0.05) is 28.7 Å². The molecule has 1 amide bonds. The van der Waals surface area contributed by atoms with Crippen LogP contribution in [-0.4, -0.2) is 28.5 Å². The van der Waals surface area contributed by atoms with Gasteiger partial charge in [-0.15, -0.1) is 11.3 Å². The van der Waals surface area contributed by atoms with E-state index < -0.39 is 17.7 Å². The topological polar surface area (TPSA) is 82.5 Å². The Balaban J connectivity index is 1.59. The lowest BCUT2D eigenvalue weighted by Crippen LogP contribution is -2.26. The smallest absolute Gasteiger partial charge is 0.416 e. The number of aliphatic carboxylic acids is 1. The van der Waals surface area contributed by atoms with E-state index in [0.717, 1.165) is 34.5 Å². The molecule has 0 bridgehead atoms. The number of carbonyl (C=O) groups is 2. The number of amides is 1. The van der Waals surface area contributed by atoms with Crippen LogP contribution in [-0.2, 0) is 17.5 Å². The first-order chi connectivity index (χ1) is 18.5. The summed E-state index contributed by atoms with van der Waals surface area (Å²) in [5.74, 6) is -1.34. The molecule has 0 aliphatic rings. The molecule has 0 saturated heterocycles. The van der Waals surface area contributed by atoms with Gasteiger partial charge in [-0.1, -0.05) is 30.3 Å². The van der Waals surface area contributed by atoms with Crippen molar-refractivity contribution in [3.63, 3.8) is 0 Å². The molecule has 4 rings (SSSR count). The molecule has 202 valence electrons.